The number of rotatable bonds is 5. The first kappa shape index (κ1) is 17.1. The molecule has 0 atom stereocenters. The van der Waals surface area contributed by atoms with E-state index in [-0.39, 0.29) is 18.5 Å². The van der Waals surface area contributed by atoms with Crippen LogP contribution in [0.3, 0.4) is 0 Å². The second kappa shape index (κ2) is 6.74. The van der Waals surface area contributed by atoms with Crippen LogP contribution in [-0.4, -0.2) is 16.1 Å². The van der Waals surface area contributed by atoms with E-state index >= 15 is 0 Å². The van der Waals surface area contributed by atoms with Crippen molar-refractivity contribution in [2.24, 2.45) is 0 Å². The van der Waals surface area contributed by atoms with Crippen molar-refractivity contribution in [3.05, 3.63) is 70.0 Å². The summed E-state index contributed by atoms with van der Waals surface area (Å²) in [5, 5.41) is 5.17. The van der Waals surface area contributed by atoms with Gasteiger partial charge in [-0.3, -0.25) is 4.79 Å². The highest BCUT2D eigenvalue weighted by atomic mass is 35.5. The lowest BCUT2D eigenvalue weighted by molar-refractivity contribution is -0.148. The molecule has 7 heteroatoms. The third-order valence-electron chi connectivity index (χ3n) is 4.43. The van der Waals surface area contributed by atoms with Crippen LogP contribution in [0.25, 0.3) is 11.4 Å². The molecule has 2 aromatic carbocycles. The van der Waals surface area contributed by atoms with E-state index in [1.807, 2.05) is 12.1 Å². The van der Waals surface area contributed by atoms with E-state index in [1.165, 1.54) is 0 Å². The van der Waals surface area contributed by atoms with E-state index in [4.69, 9.17) is 32.5 Å². The second-order valence-corrected chi connectivity index (χ2v) is 7.06. The lowest BCUT2D eigenvalue weighted by Gasteiger charge is -2.14. The molecule has 1 aliphatic carbocycles. The maximum absolute atomic E-state index is 12.5. The summed E-state index contributed by atoms with van der Waals surface area (Å²) in [5.74, 6) is 0.382. The molecule has 0 aliphatic heterocycles. The van der Waals surface area contributed by atoms with Gasteiger partial charge in [-0.1, -0.05) is 40.5 Å². The minimum Gasteiger partial charge on any atom is -0.455 e. The fourth-order valence-corrected chi connectivity index (χ4v) is 3.05. The monoisotopic (exact) mass is 388 g/mol. The topological polar surface area (TPSA) is 65.2 Å². The summed E-state index contributed by atoms with van der Waals surface area (Å²) in [6.45, 7) is -0.0608. The van der Waals surface area contributed by atoms with Crippen LogP contribution < -0.4 is 0 Å². The summed E-state index contributed by atoms with van der Waals surface area (Å²) < 4.78 is 10.6. The highest BCUT2D eigenvalue weighted by molar-refractivity contribution is 6.30. The lowest BCUT2D eigenvalue weighted by atomic mass is 9.96. The number of aromatic nitrogens is 2. The van der Waals surface area contributed by atoms with Crippen molar-refractivity contribution < 1.29 is 14.1 Å². The minimum absolute atomic E-state index is 0.0608. The largest absolute Gasteiger partial charge is 0.455 e. The molecule has 3 aromatic rings. The van der Waals surface area contributed by atoms with E-state index in [0.717, 1.165) is 24.0 Å². The van der Waals surface area contributed by atoms with Crippen molar-refractivity contribution in [3.63, 3.8) is 0 Å². The molecule has 1 aromatic heterocycles. The number of hydrogen-bond acceptors (Lipinski definition) is 5. The van der Waals surface area contributed by atoms with Crippen LogP contribution in [0.5, 0.6) is 0 Å². The van der Waals surface area contributed by atoms with Crippen LogP contribution in [0, 0.1) is 0 Å². The summed E-state index contributed by atoms with van der Waals surface area (Å²) in [5.41, 5.74) is 1.11. The molecule has 26 heavy (non-hydrogen) atoms. The summed E-state index contributed by atoms with van der Waals surface area (Å²) in [4.78, 5) is 16.8. The normalized spacial score (nSPS) is 14.8. The predicted octanol–water partition coefficient (Wildman–Crippen LogP) is 4.82. The van der Waals surface area contributed by atoms with Crippen molar-refractivity contribution in [3.8, 4) is 11.4 Å². The molecule has 4 rings (SSSR count). The van der Waals surface area contributed by atoms with Crippen LogP contribution in [0.15, 0.2) is 53.1 Å². The van der Waals surface area contributed by atoms with Gasteiger partial charge in [-0.15, -0.1) is 0 Å². The number of esters is 1. The Balaban J connectivity index is 1.42. The third-order valence-corrected chi connectivity index (χ3v) is 4.94. The number of nitrogens with zero attached hydrogens (tertiary/aromatic N) is 2. The van der Waals surface area contributed by atoms with Gasteiger partial charge in [0.15, 0.2) is 6.61 Å². The van der Waals surface area contributed by atoms with Gasteiger partial charge in [-0.25, -0.2) is 0 Å². The highest BCUT2D eigenvalue weighted by Gasteiger charge is 2.52. The van der Waals surface area contributed by atoms with Gasteiger partial charge in [0.2, 0.25) is 5.82 Å². The van der Waals surface area contributed by atoms with Gasteiger partial charge < -0.3 is 9.26 Å². The van der Waals surface area contributed by atoms with Crippen molar-refractivity contribution in [2.75, 3.05) is 0 Å². The molecular formula is C19H14Cl2N2O3. The molecule has 132 valence electrons. The molecule has 0 amide bonds. The van der Waals surface area contributed by atoms with Crippen molar-refractivity contribution in [1.29, 1.82) is 0 Å². The molecular weight excluding hydrogens is 375 g/mol. The lowest BCUT2D eigenvalue weighted by Crippen LogP contribution is -2.23. The van der Waals surface area contributed by atoms with Gasteiger partial charge in [0.05, 0.1) is 5.41 Å². The average molecular weight is 389 g/mol. The van der Waals surface area contributed by atoms with Crippen molar-refractivity contribution in [1.82, 2.24) is 10.1 Å². The minimum atomic E-state index is -0.580. The standard InChI is InChI=1S/C19H14Cl2N2O3/c20-14-5-1-12(2-6-14)17-22-16(26-23-17)11-25-18(24)19(9-10-19)13-3-7-15(21)8-4-13/h1-8H,9-11H2. The molecule has 0 radical (unpaired) electrons. The summed E-state index contributed by atoms with van der Waals surface area (Å²) in [6.07, 6.45) is 1.51. The van der Waals surface area contributed by atoms with Gasteiger partial charge in [0, 0.05) is 15.6 Å². The fourth-order valence-electron chi connectivity index (χ4n) is 2.80. The number of carbonyl (C=O) groups excluding carboxylic acids is 1. The second-order valence-electron chi connectivity index (χ2n) is 6.18. The summed E-state index contributed by atoms with van der Waals surface area (Å²) in [6, 6.07) is 14.4. The average Bonchev–Trinajstić information content (AvgIpc) is 3.33. The van der Waals surface area contributed by atoms with E-state index < -0.39 is 5.41 Å². The Morgan fingerprint density at radius 2 is 1.65 bits per heavy atom. The molecule has 0 unspecified atom stereocenters. The van der Waals surface area contributed by atoms with Crippen molar-refractivity contribution >= 4 is 29.2 Å². The van der Waals surface area contributed by atoms with Gasteiger partial charge in [0.1, 0.15) is 0 Å². The summed E-state index contributed by atoms with van der Waals surface area (Å²) >= 11 is 11.8. The van der Waals surface area contributed by atoms with E-state index in [1.54, 1.807) is 36.4 Å². The molecule has 1 saturated carbocycles. The fraction of sp³-hybridized carbons (Fsp3) is 0.211. The Kier molecular flexibility index (Phi) is 4.42. The zero-order chi connectivity index (χ0) is 18.1. The van der Waals surface area contributed by atoms with E-state index in [9.17, 15) is 4.79 Å². The number of halogens is 2. The number of carbonyl (C=O) groups is 1. The Bertz CT molecular complexity index is 932. The smallest absolute Gasteiger partial charge is 0.317 e. The molecule has 0 N–H and O–H groups in total. The number of ether oxygens (including phenoxy) is 1. The van der Waals surface area contributed by atoms with Crippen LogP contribution >= 0.6 is 23.2 Å². The Hall–Kier alpha value is -2.37. The first-order valence-corrected chi connectivity index (χ1v) is 8.84. The van der Waals surface area contributed by atoms with Crippen LogP contribution in [0.4, 0.5) is 0 Å². The maximum atomic E-state index is 12.5. The molecule has 0 bridgehead atoms. The third kappa shape index (κ3) is 3.32. The first-order valence-electron chi connectivity index (χ1n) is 8.09. The molecule has 5 nitrogen and oxygen atoms in total. The zero-order valence-corrected chi connectivity index (χ0v) is 15.1. The number of hydrogen-bond donors (Lipinski definition) is 0. The quantitative estimate of drug-likeness (QED) is 0.586. The van der Waals surface area contributed by atoms with Gasteiger partial charge >= 0.3 is 5.97 Å². The summed E-state index contributed by atoms with van der Waals surface area (Å²) in [7, 11) is 0. The Morgan fingerprint density at radius 1 is 1.04 bits per heavy atom. The SMILES string of the molecule is O=C(OCc1nc(-c2ccc(Cl)cc2)no1)C1(c2ccc(Cl)cc2)CC1. The van der Waals surface area contributed by atoms with Gasteiger partial charge in [0.25, 0.3) is 5.89 Å². The predicted molar refractivity (Wildman–Crippen MR) is 96.9 cm³/mol. The van der Waals surface area contributed by atoms with E-state index in [2.05, 4.69) is 10.1 Å². The molecule has 0 saturated heterocycles. The molecule has 0 spiro atoms. The maximum Gasteiger partial charge on any atom is 0.317 e. The molecule has 1 aliphatic rings. The Morgan fingerprint density at radius 3 is 2.27 bits per heavy atom. The van der Waals surface area contributed by atoms with Gasteiger partial charge in [-0.2, -0.15) is 4.98 Å². The Labute approximate surface area is 159 Å². The molecule has 1 fully saturated rings. The van der Waals surface area contributed by atoms with E-state index in [0.29, 0.717) is 15.9 Å². The van der Waals surface area contributed by atoms with Crippen molar-refractivity contribution in [2.45, 2.75) is 24.9 Å². The number of benzene rings is 2. The first-order chi connectivity index (χ1) is 12.6. The highest BCUT2D eigenvalue weighted by Crippen LogP contribution is 2.49. The van der Waals surface area contributed by atoms with Gasteiger partial charge in [-0.05, 0) is 54.8 Å². The zero-order valence-electron chi connectivity index (χ0n) is 13.6. The van der Waals surface area contributed by atoms with Crippen LogP contribution in [-0.2, 0) is 21.6 Å². The molecule has 1 heterocycles. The van der Waals surface area contributed by atoms with Crippen LogP contribution in [0.2, 0.25) is 10.0 Å². The van der Waals surface area contributed by atoms with Crippen LogP contribution in [0.1, 0.15) is 24.3 Å².